The van der Waals surface area contributed by atoms with Gasteiger partial charge in [0.05, 0.1) is 11.6 Å². The summed E-state index contributed by atoms with van der Waals surface area (Å²) in [5.41, 5.74) is 7.62. The first-order valence-corrected chi connectivity index (χ1v) is 14.3. The number of aromatic nitrogens is 2. The molecule has 1 N–H and O–H groups in total. The molecule has 1 atom stereocenters. The number of hydrogen-bond acceptors (Lipinski definition) is 5. The topological polar surface area (TPSA) is 44.3 Å². The molecule has 0 saturated carbocycles. The molecule has 0 bridgehead atoms. The number of nitrogens with one attached hydrogen (secondary N) is 1. The predicted octanol–water partition coefficient (Wildman–Crippen LogP) is 7.01. The second-order valence-corrected chi connectivity index (χ2v) is 11.8. The molecule has 6 rings (SSSR count). The SMILES string of the molecule is C=C(NC1CCc2ccc(C(=C)N3CCC4(CCN(c5ncc(C(F)(F)F)cn5)CC4)C3)cc21)c1ccccc1C. The van der Waals surface area contributed by atoms with Crippen LogP contribution in [0.1, 0.15) is 65.1 Å². The van der Waals surface area contributed by atoms with E-state index < -0.39 is 11.7 Å². The van der Waals surface area contributed by atoms with Gasteiger partial charge in [0.1, 0.15) is 0 Å². The molecule has 1 aliphatic carbocycles. The molecule has 1 unspecified atom stereocenters. The summed E-state index contributed by atoms with van der Waals surface area (Å²) in [6.45, 7) is 14.3. The monoisotopic (exact) mass is 559 g/mol. The minimum absolute atomic E-state index is 0.178. The first-order chi connectivity index (χ1) is 19.6. The molecule has 214 valence electrons. The number of benzene rings is 2. The van der Waals surface area contributed by atoms with E-state index in [2.05, 4.69) is 82.7 Å². The highest BCUT2D eigenvalue weighted by Gasteiger charge is 2.42. The van der Waals surface area contributed by atoms with Crippen LogP contribution in [-0.2, 0) is 12.6 Å². The van der Waals surface area contributed by atoms with Crippen molar-refractivity contribution in [1.82, 2.24) is 20.2 Å². The Balaban J connectivity index is 1.09. The number of piperidine rings is 1. The summed E-state index contributed by atoms with van der Waals surface area (Å²) in [5.74, 6) is 0.374. The lowest BCUT2D eigenvalue weighted by atomic mass is 9.78. The molecule has 8 heteroatoms. The molecule has 2 aliphatic heterocycles. The number of nitrogens with zero attached hydrogens (tertiary/aromatic N) is 4. The van der Waals surface area contributed by atoms with E-state index in [1.54, 1.807) is 0 Å². The van der Waals surface area contributed by atoms with Gasteiger partial charge in [0.25, 0.3) is 0 Å². The number of alkyl halides is 3. The molecule has 0 amide bonds. The maximum absolute atomic E-state index is 12.9. The highest BCUT2D eigenvalue weighted by atomic mass is 19.4. The van der Waals surface area contributed by atoms with E-state index in [4.69, 9.17) is 0 Å². The second-order valence-electron chi connectivity index (χ2n) is 11.8. The highest BCUT2D eigenvalue weighted by molar-refractivity contribution is 5.67. The number of hydrogen-bond donors (Lipinski definition) is 1. The number of anilines is 1. The Morgan fingerprint density at radius 2 is 1.71 bits per heavy atom. The maximum Gasteiger partial charge on any atom is 0.419 e. The van der Waals surface area contributed by atoms with E-state index in [1.807, 2.05) is 4.90 Å². The zero-order valence-electron chi connectivity index (χ0n) is 23.5. The van der Waals surface area contributed by atoms with Crippen LogP contribution in [0.5, 0.6) is 0 Å². The van der Waals surface area contributed by atoms with Crippen LogP contribution in [0.2, 0.25) is 0 Å². The standard InChI is InChI=1S/C33H36F3N5/c1-22-6-4-5-7-28(22)23(2)39-30-11-10-25-8-9-26(18-29(25)30)24(3)41-17-14-32(21-41)12-15-40(16-13-32)31-37-19-27(20-38-31)33(34,35)36/h4-9,18-20,30,39H,2-3,10-17,21H2,1H3. The van der Waals surface area contributed by atoms with E-state index in [1.165, 1.54) is 16.7 Å². The minimum Gasteiger partial charge on any atom is -0.378 e. The van der Waals surface area contributed by atoms with Crippen molar-refractivity contribution in [3.05, 3.63) is 101 Å². The number of aryl methyl sites for hydroxylation is 2. The van der Waals surface area contributed by atoms with Gasteiger partial charge in [-0.05, 0) is 78.3 Å². The van der Waals surface area contributed by atoms with Crippen LogP contribution < -0.4 is 10.2 Å². The van der Waals surface area contributed by atoms with Crippen molar-refractivity contribution in [3.63, 3.8) is 0 Å². The Hall–Kier alpha value is -3.81. The van der Waals surface area contributed by atoms with Gasteiger partial charge >= 0.3 is 6.18 Å². The lowest BCUT2D eigenvalue weighted by molar-refractivity contribution is -0.138. The van der Waals surface area contributed by atoms with E-state index in [9.17, 15) is 13.2 Å². The Bertz CT molecular complexity index is 1450. The van der Waals surface area contributed by atoms with Crippen LogP contribution in [0.25, 0.3) is 11.4 Å². The van der Waals surface area contributed by atoms with Gasteiger partial charge < -0.3 is 15.1 Å². The Morgan fingerprint density at radius 1 is 1.00 bits per heavy atom. The molecular weight excluding hydrogens is 523 g/mol. The molecule has 3 heterocycles. The molecular formula is C33H36F3N5. The molecule has 2 saturated heterocycles. The summed E-state index contributed by atoms with van der Waals surface area (Å²) in [6, 6.07) is 15.3. The molecule has 1 aromatic heterocycles. The Morgan fingerprint density at radius 3 is 2.41 bits per heavy atom. The van der Waals surface area contributed by atoms with Gasteiger partial charge in [-0.15, -0.1) is 0 Å². The van der Waals surface area contributed by atoms with Crippen molar-refractivity contribution in [2.75, 3.05) is 31.1 Å². The van der Waals surface area contributed by atoms with E-state index in [0.29, 0.717) is 5.95 Å². The van der Waals surface area contributed by atoms with Gasteiger partial charge in [-0.1, -0.05) is 49.6 Å². The first-order valence-electron chi connectivity index (χ1n) is 14.3. The summed E-state index contributed by atoms with van der Waals surface area (Å²) in [5, 5.41) is 3.69. The van der Waals surface area contributed by atoms with E-state index >= 15 is 0 Å². The van der Waals surface area contributed by atoms with Gasteiger partial charge in [-0.3, -0.25) is 0 Å². The van der Waals surface area contributed by atoms with E-state index in [0.717, 1.165) is 93.2 Å². The maximum atomic E-state index is 12.9. The van der Waals surface area contributed by atoms with Crippen LogP contribution >= 0.6 is 0 Å². The van der Waals surface area contributed by atoms with Crippen LogP contribution in [-0.4, -0.2) is 41.0 Å². The first kappa shape index (κ1) is 27.4. The fourth-order valence-corrected chi connectivity index (χ4v) is 6.70. The third-order valence-corrected chi connectivity index (χ3v) is 9.27. The van der Waals surface area contributed by atoms with Crippen molar-refractivity contribution in [2.24, 2.45) is 5.41 Å². The fraction of sp³-hybridized carbons (Fsp3) is 0.394. The zero-order valence-corrected chi connectivity index (χ0v) is 23.5. The van der Waals surface area contributed by atoms with Crippen molar-refractivity contribution < 1.29 is 13.2 Å². The average molecular weight is 560 g/mol. The van der Waals surface area contributed by atoms with Crippen molar-refractivity contribution in [1.29, 1.82) is 0 Å². The number of likely N-dealkylation sites (tertiary alicyclic amines) is 1. The molecule has 2 aromatic carbocycles. The van der Waals surface area contributed by atoms with Gasteiger partial charge in [-0.25, -0.2) is 9.97 Å². The molecule has 0 radical (unpaired) electrons. The van der Waals surface area contributed by atoms with Crippen molar-refractivity contribution in [3.8, 4) is 0 Å². The quantitative estimate of drug-likeness (QED) is 0.352. The molecule has 2 fully saturated rings. The van der Waals surface area contributed by atoms with Gasteiger partial charge in [0, 0.05) is 50.0 Å². The predicted molar refractivity (Wildman–Crippen MR) is 157 cm³/mol. The van der Waals surface area contributed by atoms with Gasteiger partial charge in [0.15, 0.2) is 0 Å². The average Bonchev–Trinajstić information content (AvgIpc) is 3.57. The number of fused-ring (bicyclic) bond motifs is 1. The zero-order chi connectivity index (χ0) is 28.8. The van der Waals surface area contributed by atoms with Crippen molar-refractivity contribution >= 4 is 17.3 Å². The Labute approximate surface area is 239 Å². The third-order valence-electron chi connectivity index (χ3n) is 9.27. The molecule has 41 heavy (non-hydrogen) atoms. The molecule has 1 spiro atoms. The van der Waals surface area contributed by atoms with Crippen LogP contribution in [0, 0.1) is 12.3 Å². The summed E-state index contributed by atoms with van der Waals surface area (Å²) >= 11 is 0. The third kappa shape index (κ3) is 5.44. The lowest BCUT2D eigenvalue weighted by Gasteiger charge is -2.39. The minimum atomic E-state index is -4.42. The second kappa shape index (κ2) is 10.5. The van der Waals surface area contributed by atoms with Gasteiger partial charge in [-0.2, -0.15) is 13.2 Å². The smallest absolute Gasteiger partial charge is 0.378 e. The number of halogens is 3. The normalized spacial score (nSPS) is 19.9. The number of rotatable bonds is 6. The summed E-state index contributed by atoms with van der Waals surface area (Å²) in [4.78, 5) is 12.4. The molecule has 5 nitrogen and oxygen atoms in total. The largest absolute Gasteiger partial charge is 0.419 e. The van der Waals surface area contributed by atoms with Crippen molar-refractivity contribution in [2.45, 2.75) is 51.2 Å². The summed E-state index contributed by atoms with van der Waals surface area (Å²) in [6.07, 6.45) is 2.42. The van der Waals surface area contributed by atoms with Crippen LogP contribution in [0.15, 0.2) is 68.0 Å². The molecule has 3 aromatic rings. The fourth-order valence-electron chi connectivity index (χ4n) is 6.70. The van der Waals surface area contributed by atoms with Crippen LogP contribution in [0.3, 0.4) is 0 Å². The summed E-state index contributed by atoms with van der Waals surface area (Å²) in [7, 11) is 0. The summed E-state index contributed by atoms with van der Waals surface area (Å²) < 4.78 is 38.7. The Kier molecular flexibility index (Phi) is 7.04. The van der Waals surface area contributed by atoms with Gasteiger partial charge in [0.2, 0.25) is 5.95 Å². The van der Waals surface area contributed by atoms with Crippen LogP contribution in [0.4, 0.5) is 19.1 Å². The molecule has 3 aliphatic rings. The van der Waals surface area contributed by atoms with E-state index in [-0.39, 0.29) is 11.5 Å². The highest BCUT2D eigenvalue weighted by Crippen LogP contribution is 2.44. The lowest BCUT2D eigenvalue weighted by Crippen LogP contribution is -2.42.